The lowest BCUT2D eigenvalue weighted by Gasteiger charge is -2.15. The molecule has 0 aromatic heterocycles. The van der Waals surface area contributed by atoms with Crippen molar-refractivity contribution in [2.45, 2.75) is 37.9 Å². The maximum absolute atomic E-state index is 9.26. The highest BCUT2D eigenvalue weighted by Crippen LogP contribution is 2.23. The van der Waals surface area contributed by atoms with Crippen LogP contribution in [0.4, 0.5) is 0 Å². The summed E-state index contributed by atoms with van der Waals surface area (Å²) in [5.74, 6) is 0. The Bertz CT molecular complexity index is 128. The molecule has 1 aliphatic rings. The molecule has 1 rings (SSSR count). The van der Waals surface area contributed by atoms with Crippen molar-refractivity contribution in [3.05, 3.63) is 0 Å². The molecule has 4 atom stereocenters. The second kappa shape index (κ2) is 3.49. The first-order valence-electron chi connectivity index (χ1n) is 3.75. The SMILES string of the molecule is CC[C@H]1OC(O)[C@H](O)[C@H]1OC. The second-order valence-electron chi connectivity index (χ2n) is 2.66. The number of aliphatic hydroxyl groups is 2. The van der Waals surface area contributed by atoms with Gasteiger partial charge in [-0.3, -0.25) is 0 Å². The number of hydrogen-bond acceptors (Lipinski definition) is 4. The van der Waals surface area contributed by atoms with Crippen LogP contribution in [-0.2, 0) is 9.47 Å². The van der Waals surface area contributed by atoms with Crippen molar-refractivity contribution < 1.29 is 19.7 Å². The van der Waals surface area contributed by atoms with E-state index in [0.29, 0.717) is 0 Å². The molecular weight excluding hydrogens is 148 g/mol. The van der Waals surface area contributed by atoms with Crippen LogP contribution in [0.2, 0.25) is 0 Å². The molecule has 0 amide bonds. The van der Waals surface area contributed by atoms with Crippen LogP contribution < -0.4 is 0 Å². The van der Waals surface area contributed by atoms with E-state index in [4.69, 9.17) is 14.6 Å². The summed E-state index contributed by atoms with van der Waals surface area (Å²) in [6.45, 7) is 1.92. The quantitative estimate of drug-likeness (QED) is 0.574. The third kappa shape index (κ3) is 1.54. The van der Waals surface area contributed by atoms with Crippen molar-refractivity contribution in [2.24, 2.45) is 0 Å². The first kappa shape index (κ1) is 8.93. The standard InChI is InChI=1S/C7H14O4/c1-3-4-6(10-2)5(8)7(9)11-4/h4-9H,3H2,1-2H3/t4-,5-,6+,7?/m1/s1. The highest BCUT2D eigenvalue weighted by atomic mass is 16.7. The fourth-order valence-electron chi connectivity index (χ4n) is 1.34. The normalized spacial score (nSPS) is 44.7. The van der Waals surface area contributed by atoms with Gasteiger partial charge in [-0.2, -0.15) is 0 Å². The smallest absolute Gasteiger partial charge is 0.183 e. The maximum atomic E-state index is 9.26. The lowest BCUT2D eigenvalue weighted by Crippen LogP contribution is -2.33. The zero-order valence-corrected chi connectivity index (χ0v) is 6.73. The van der Waals surface area contributed by atoms with Gasteiger partial charge in [-0.1, -0.05) is 6.92 Å². The summed E-state index contributed by atoms with van der Waals surface area (Å²) < 4.78 is 9.97. The Balaban J connectivity index is 2.57. The molecule has 0 aliphatic carbocycles. The highest BCUT2D eigenvalue weighted by molar-refractivity contribution is 4.85. The summed E-state index contributed by atoms with van der Waals surface area (Å²) in [5, 5.41) is 18.3. The monoisotopic (exact) mass is 162 g/mol. The molecule has 66 valence electrons. The summed E-state index contributed by atoms with van der Waals surface area (Å²) in [6.07, 6.45) is -1.86. The van der Waals surface area contributed by atoms with Gasteiger partial charge in [-0.15, -0.1) is 0 Å². The van der Waals surface area contributed by atoms with Gasteiger partial charge in [0.25, 0.3) is 0 Å². The van der Waals surface area contributed by atoms with E-state index in [2.05, 4.69) is 0 Å². The Morgan fingerprint density at radius 3 is 2.45 bits per heavy atom. The van der Waals surface area contributed by atoms with E-state index in [9.17, 15) is 5.11 Å². The van der Waals surface area contributed by atoms with Crippen molar-refractivity contribution in [1.29, 1.82) is 0 Å². The molecule has 1 aliphatic heterocycles. The second-order valence-corrected chi connectivity index (χ2v) is 2.66. The van der Waals surface area contributed by atoms with Crippen LogP contribution in [0.5, 0.6) is 0 Å². The first-order chi connectivity index (χ1) is 5.20. The van der Waals surface area contributed by atoms with E-state index in [1.807, 2.05) is 6.92 Å². The molecule has 0 aromatic carbocycles. The maximum Gasteiger partial charge on any atom is 0.183 e. The third-order valence-electron chi connectivity index (χ3n) is 1.98. The van der Waals surface area contributed by atoms with Crippen molar-refractivity contribution in [3.8, 4) is 0 Å². The molecule has 1 unspecified atom stereocenters. The Hall–Kier alpha value is -0.160. The van der Waals surface area contributed by atoms with E-state index in [1.54, 1.807) is 0 Å². The lowest BCUT2D eigenvalue weighted by atomic mass is 10.1. The Morgan fingerprint density at radius 2 is 2.09 bits per heavy atom. The zero-order chi connectivity index (χ0) is 8.43. The average molecular weight is 162 g/mol. The Kier molecular flexibility index (Phi) is 2.84. The van der Waals surface area contributed by atoms with E-state index < -0.39 is 18.5 Å². The summed E-state index contributed by atoms with van der Waals surface area (Å²) in [7, 11) is 1.50. The van der Waals surface area contributed by atoms with Crippen LogP contribution in [0.1, 0.15) is 13.3 Å². The number of methoxy groups -OCH3 is 1. The molecule has 0 spiro atoms. The summed E-state index contributed by atoms with van der Waals surface area (Å²) in [6, 6.07) is 0. The van der Waals surface area contributed by atoms with Gasteiger partial charge in [0, 0.05) is 7.11 Å². The molecule has 0 radical (unpaired) electrons. The molecule has 0 aromatic rings. The predicted octanol–water partition coefficient (Wildman–Crippen LogP) is -0.511. The van der Waals surface area contributed by atoms with Gasteiger partial charge in [0.2, 0.25) is 0 Å². The van der Waals surface area contributed by atoms with Gasteiger partial charge in [0.1, 0.15) is 12.2 Å². The molecular formula is C7H14O4. The van der Waals surface area contributed by atoms with E-state index in [-0.39, 0.29) is 6.10 Å². The zero-order valence-electron chi connectivity index (χ0n) is 6.73. The van der Waals surface area contributed by atoms with Crippen molar-refractivity contribution in [1.82, 2.24) is 0 Å². The molecule has 1 saturated heterocycles. The van der Waals surface area contributed by atoms with E-state index >= 15 is 0 Å². The highest BCUT2D eigenvalue weighted by Gasteiger charge is 2.41. The van der Waals surface area contributed by atoms with Crippen LogP contribution in [0.15, 0.2) is 0 Å². The number of ether oxygens (including phenoxy) is 2. The Labute approximate surface area is 65.7 Å². The fourth-order valence-corrected chi connectivity index (χ4v) is 1.34. The summed E-state index contributed by atoms with van der Waals surface area (Å²) in [4.78, 5) is 0. The van der Waals surface area contributed by atoms with Crippen LogP contribution in [0.25, 0.3) is 0 Å². The molecule has 11 heavy (non-hydrogen) atoms. The molecule has 4 nitrogen and oxygen atoms in total. The summed E-state index contributed by atoms with van der Waals surface area (Å²) >= 11 is 0. The summed E-state index contributed by atoms with van der Waals surface area (Å²) in [5.41, 5.74) is 0. The molecule has 0 saturated carbocycles. The minimum Gasteiger partial charge on any atom is -0.385 e. The Morgan fingerprint density at radius 1 is 1.45 bits per heavy atom. The molecule has 1 fully saturated rings. The van der Waals surface area contributed by atoms with Crippen molar-refractivity contribution in [2.75, 3.05) is 7.11 Å². The molecule has 4 heteroatoms. The van der Waals surface area contributed by atoms with Crippen LogP contribution in [-0.4, -0.2) is 41.9 Å². The number of hydrogen-bond donors (Lipinski definition) is 2. The van der Waals surface area contributed by atoms with Crippen molar-refractivity contribution >= 4 is 0 Å². The molecule has 2 N–H and O–H groups in total. The largest absolute Gasteiger partial charge is 0.385 e. The number of rotatable bonds is 2. The van der Waals surface area contributed by atoms with Gasteiger partial charge in [-0.05, 0) is 6.42 Å². The van der Waals surface area contributed by atoms with Crippen LogP contribution in [0.3, 0.4) is 0 Å². The first-order valence-corrected chi connectivity index (χ1v) is 3.75. The van der Waals surface area contributed by atoms with Crippen LogP contribution >= 0.6 is 0 Å². The predicted molar refractivity (Wildman–Crippen MR) is 38.0 cm³/mol. The van der Waals surface area contributed by atoms with Crippen LogP contribution in [0, 0.1) is 0 Å². The van der Waals surface area contributed by atoms with E-state index in [0.717, 1.165) is 6.42 Å². The topological polar surface area (TPSA) is 58.9 Å². The van der Waals surface area contributed by atoms with Crippen molar-refractivity contribution in [3.63, 3.8) is 0 Å². The van der Waals surface area contributed by atoms with Gasteiger partial charge < -0.3 is 19.7 Å². The van der Waals surface area contributed by atoms with E-state index in [1.165, 1.54) is 7.11 Å². The number of aliphatic hydroxyl groups excluding tert-OH is 2. The average Bonchev–Trinajstić information content (AvgIpc) is 2.28. The minimum atomic E-state index is -1.09. The van der Waals surface area contributed by atoms with Gasteiger partial charge >= 0.3 is 0 Å². The molecule has 0 bridgehead atoms. The third-order valence-corrected chi connectivity index (χ3v) is 1.98. The minimum absolute atomic E-state index is 0.190. The van der Waals surface area contributed by atoms with Gasteiger partial charge in [0.15, 0.2) is 6.29 Å². The fraction of sp³-hybridized carbons (Fsp3) is 1.00. The molecule has 1 heterocycles. The lowest BCUT2D eigenvalue weighted by molar-refractivity contribution is -0.127. The van der Waals surface area contributed by atoms with Gasteiger partial charge in [-0.25, -0.2) is 0 Å². The van der Waals surface area contributed by atoms with Gasteiger partial charge in [0.05, 0.1) is 6.10 Å².